The lowest BCUT2D eigenvalue weighted by Crippen LogP contribution is -2.32. The fraction of sp³-hybridized carbons (Fsp3) is 0.0455. The fourth-order valence-corrected chi connectivity index (χ4v) is 2.58. The van der Waals surface area contributed by atoms with Gasteiger partial charge in [0.05, 0.1) is 22.9 Å². The number of nitrogens with one attached hydrogen (secondary N) is 1. The van der Waals surface area contributed by atoms with Gasteiger partial charge in [-0.1, -0.05) is 72.8 Å². The number of hydrogen-bond donors (Lipinski definition) is 1. The van der Waals surface area contributed by atoms with Crippen LogP contribution in [0.15, 0.2) is 89.9 Å². The second kappa shape index (κ2) is 8.58. The molecule has 27 heavy (non-hydrogen) atoms. The van der Waals surface area contributed by atoms with Gasteiger partial charge in [0.1, 0.15) is 0 Å². The van der Waals surface area contributed by atoms with Crippen LogP contribution in [-0.4, -0.2) is 17.6 Å². The predicted molar refractivity (Wildman–Crippen MR) is 102 cm³/mol. The van der Waals surface area contributed by atoms with Crippen molar-refractivity contribution >= 4 is 23.3 Å². The maximum Gasteiger partial charge on any atom is 0.253 e. The van der Waals surface area contributed by atoms with E-state index in [0.717, 1.165) is 5.56 Å². The average Bonchev–Trinajstić information content (AvgIpc) is 2.71. The molecule has 0 spiro atoms. The highest BCUT2D eigenvalue weighted by Gasteiger charge is 2.12. The van der Waals surface area contributed by atoms with Crippen molar-refractivity contribution in [2.24, 2.45) is 4.99 Å². The van der Waals surface area contributed by atoms with Gasteiger partial charge in [0, 0.05) is 12.1 Å². The monoisotopic (exact) mass is 357 g/mol. The van der Waals surface area contributed by atoms with Crippen LogP contribution in [0.4, 0.5) is 5.69 Å². The summed E-state index contributed by atoms with van der Waals surface area (Å²) in [5.74, 6) is -1.73. The first-order valence-electron chi connectivity index (χ1n) is 8.42. The molecule has 1 amide bonds. The Balaban J connectivity index is 1.88. The first-order valence-corrected chi connectivity index (χ1v) is 8.42. The summed E-state index contributed by atoms with van der Waals surface area (Å²) < 4.78 is 0. The van der Waals surface area contributed by atoms with Gasteiger partial charge in [-0.15, -0.1) is 0 Å². The fourth-order valence-electron chi connectivity index (χ4n) is 2.58. The van der Waals surface area contributed by atoms with Crippen LogP contribution in [0.5, 0.6) is 0 Å². The summed E-state index contributed by atoms with van der Waals surface area (Å²) in [4.78, 5) is 28.3. The molecule has 0 saturated heterocycles. The first-order chi connectivity index (χ1) is 13.1. The highest BCUT2D eigenvalue weighted by molar-refractivity contribution is 6.42. The van der Waals surface area contributed by atoms with Gasteiger partial charge in [-0.05, 0) is 17.7 Å². The van der Waals surface area contributed by atoms with E-state index in [-0.39, 0.29) is 17.3 Å². The summed E-state index contributed by atoms with van der Waals surface area (Å²) in [5.41, 5.74) is 1.72. The lowest BCUT2D eigenvalue weighted by atomic mass is 10.1. The van der Waals surface area contributed by atoms with E-state index in [1.165, 1.54) is 0 Å². The van der Waals surface area contributed by atoms with Crippen molar-refractivity contribution in [2.75, 3.05) is 0 Å². The van der Waals surface area contributed by atoms with Crippen LogP contribution in [-0.2, 0) is 11.3 Å². The predicted octanol–water partition coefficient (Wildman–Crippen LogP) is 2.49. The van der Waals surface area contributed by atoms with Crippen LogP contribution < -0.4 is 10.4 Å². The Labute approximate surface area is 157 Å². The standard InChI is InChI=1S/C22H18N2O3/c25-21(23-15-16-9-3-1-4-10-16)18-13-7-8-14-19(18)24-20(22(26)27)17-11-5-2-6-12-17/h1-14H,15H2,(H,23,25)(H,26,27)/p-1. The van der Waals surface area contributed by atoms with Gasteiger partial charge in [0.2, 0.25) is 0 Å². The van der Waals surface area contributed by atoms with Crippen LogP contribution in [0.3, 0.4) is 0 Å². The van der Waals surface area contributed by atoms with Gasteiger partial charge in [-0.3, -0.25) is 4.79 Å². The number of carboxylic acid groups (broad SMARTS) is 1. The lowest BCUT2D eigenvalue weighted by Gasteiger charge is -2.11. The number of carbonyl (C=O) groups excluding carboxylic acids is 2. The summed E-state index contributed by atoms with van der Waals surface area (Å²) in [5, 5.41) is 14.4. The topological polar surface area (TPSA) is 81.6 Å². The minimum atomic E-state index is -1.40. The molecular weight excluding hydrogens is 340 g/mol. The van der Waals surface area contributed by atoms with E-state index >= 15 is 0 Å². The van der Waals surface area contributed by atoms with Crippen molar-refractivity contribution in [1.29, 1.82) is 0 Å². The number of nitrogens with zero attached hydrogens (tertiary/aromatic N) is 1. The van der Waals surface area contributed by atoms with Crippen LogP contribution in [0.1, 0.15) is 21.5 Å². The van der Waals surface area contributed by atoms with E-state index in [9.17, 15) is 14.7 Å². The third-order valence-electron chi connectivity index (χ3n) is 3.92. The second-order valence-electron chi connectivity index (χ2n) is 5.80. The second-order valence-corrected chi connectivity index (χ2v) is 5.80. The highest BCUT2D eigenvalue weighted by atomic mass is 16.4. The number of aliphatic carboxylic acids is 1. The quantitative estimate of drug-likeness (QED) is 0.688. The van der Waals surface area contributed by atoms with Crippen LogP contribution in [0.2, 0.25) is 0 Å². The van der Waals surface area contributed by atoms with Crippen LogP contribution in [0.25, 0.3) is 0 Å². The number of amides is 1. The molecule has 0 aliphatic carbocycles. The Kier molecular flexibility index (Phi) is 5.74. The Morgan fingerprint density at radius 3 is 2.07 bits per heavy atom. The molecule has 0 fully saturated rings. The maximum absolute atomic E-state index is 12.6. The van der Waals surface area contributed by atoms with Crippen molar-refractivity contribution in [1.82, 2.24) is 5.32 Å². The SMILES string of the molecule is O=C([O-])C(=Nc1ccccc1C(=O)NCc1ccccc1)c1ccccc1. The molecule has 0 saturated carbocycles. The number of rotatable bonds is 6. The molecule has 5 nitrogen and oxygen atoms in total. The van der Waals surface area contributed by atoms with Crippen molar-refractivity contribution in [3.63, 3.8) is 0 Å². The molecule has 1 N–H and O–H groups in total. The number of benzene rings is 3. The summed E-state index contributed by atoms with van der Waals surface area (Å²) in [6.07, 6.45) is 0. The zero-order valence-corrected chi connectivity index (χ0v) is 14.5. The molecule has 0 heterocycles. The van der Waals surface area contributed by atoms with Gasteiger partial charge in [0.25, 0.3) is 5.91 Å². The average molecular weight is 357 g/mol. The molecule has 134 valence electrons. The molecule has 0 aliphatic heterocycles. The minimum Gasteiger partial charge on any atom is -0.543 e. The zero-order valence-electron chi connectivity index (χ0n) is 14.5. The smallest absolute Gasteiger partial charge is 0.253 e. The number of para-hydroxylation sites is 1. The summed E-state index contributed by atoms with van der Waals surface area (Å²) >= 11 is 0. The summed E-state index contributed by atoms with van der Waals surface area (Å²) in [6, 6.07) is 24.6. The van der Waals surface area contributed by atoms with Gasteiger partial charge in [-0.2, -0.15) is 0 Å². The molecule has 3 rings (SSSR count). The Bertz CT molecular complexity index is 967. The summed E-state index contributed by atoms with van der Waals surface area (Å²) in [7, 11) is 0. The zero-order chi connectivity index (χ0) is 19.1. The number of hydrogen-bond acceptors (Lipinski definition) is 4. The summed E-state index contributed by atoms with van der Waals surface area (Å²) in [6.45, 7) is 0.365. The molecule has 0 atom stereocenters. The normalized spacial score (nSPS) is 11.0. The minimum absolute atomic E-state index is 0.223. The van der Waals surface area contributed by atoms with Crippen molar-refractivity contribution in [3.8, 4) is 0 Å². The van der Waals surface area contributed by atoms with E-state index in [1.54, 1.807) is 54.6 Å². The van der Waals surface area contributed by atoms with Crippen molar-refractivity contribution in [2.45, 2.75) is 6.54 Å². The Morgan fingerprint density at radius 2 is 1.41 bits per heavy atom. The molecule has 0 aromatic heterocycles. The van der Waals surface area contributed by atoms with E-state index in [0.29, 0.717) is 17.7 Å². The van der Waals surface area contributed by atoms with Crippen molar-refractivity contribution in [3.05, 3.63) is 102 Å². The van der Waals surface area contributed by atoms with Gasteiger partial charge >= 0.3 is 0 Å². The van der Waals surface area contributed by atoms with E-state index in [1.807, 2.05) is 30.3 Å². The first kappa shape index (κ1) is 18.1. The number of aliphatic imine (C=N–C) groups is 1. The molecule has 3 aromatic rings. The number of carboxylic acids is 1. The molecule has 0 radical (unpaired) electrons. The third-order valence-corrected chi connectivity index (χ3v) is 3.92. The highest BCUT2D eigenvalue weighted by Crippen LogP contribution is 2.20. The van der Waals surface area contributed by atoms with Gasteiger partial charge in [0.15, 0.2) is 0 Å². The van der Waals surface area contributed by atoms with E-state index in [2.05, 4.69) is 10.3 Å². The van der Waals surface area contributed by atoms with Gasteiger partial charge in [-0.25, -0.2) is 4.99 Å². The Morgan fingerprint density at radius 1 is 0.815 bits per heavy atom. The maximum atomic E-state index is 12.6. The molecule has 0 unspecified atom stereocenters. The van der Waals surface area contributed by atoms with Gasteiger partial charge < -0.3 is 15.2 Å². The van der Waals surface area contributed by atoms with E-state index in [4.69, 9.17) is 0 Å². The Hall–Kier alpha value is -3.73. The lowest BCUT2D eigenvalue weighted by molar-refractivity contribution is -0.294. The molecule has 3 aromatic carbocycles. The van der Waals surface area contributed by atoms with Crippen LogP contribution >= 0.6 is 0 Å². The molecule has 0 bridgehead atoms. The third kappa shape index (κ3) is 4.67. The van der Waals surface area contributed by atoms with Crippen molar-refractivity contribution < 1.29 is 14.7 Å². The van der Waals surface area contributed by atoms with Crippen LogP contribution in [0, 0.1) is 0 Å². The largest absolute Gasteiger partial charge is 0.543 e. The molecule has 5 heteroatoms. The number of carbonyl (C=O) groups is 2. The van der Waals surface area contributed by atoms with E-state index < -0.39 is 5.97 Å². The molecular formula is C22H17N2O3-. The molecule has 0 aliphatic rings.